The van der Waals surface area contributed by atoms with Gasteiger partial charge in [0.25, 0.3) is 5.91 Å². The highest BCUT2D eigenvalue weighted by molar-refractivity contribution is 14.1. The van der Waals surface area contributed by atoms with Gasteiger partial charge >= 0.3 is 0 Å². The molecular formula is C8H7IN2OS2. The molecule has 0 atom stereocenters. The lowest BCUT2D eigenvalue weighted by Gasteiger charge is -2.00. The molecule has 6 heteroatoms. The summed E-state index contributed by atoms with van der Waals surface area (Å²) in [5.41, 5.74) is 0.717. The van der Waals surface area contributed by atoms with Crippen molar-refractivity contribution in [1.29, 1.82) is 0 Å². The Bertz CT molecular complexity index is 388. The molecule has 0 bridgehead atoms. The first kappa shape index (κ1) is 10.4. The number of amidine groups is 1. The van der Waals surface area contributed by atoms with Crippen LogP contribution in [0.25, 0.3) is 0 Å². The van der Waals surface area contributed by atoms with Crippen LogP contribution in [0.2, 0.25) is 0 Å². The van der Waals surface area contributed by atoms with Gasteiger partial charge in [0.2, 0.25) is 0 Å². The molecule has 0 radical (unpaired) electrons. The smallest absolute Gasteiger partial charge is 0.258 e. The predicted molar refractivity (Wildman–Crippen MR) is 69.3 cm³/mol. The van der Waals surface area contributed by atoms with E-state index in [0.29, 0.717) is 0 Å². The number of hydrogen-bond donors (Lipinski definition) is 1. The molecule has 0 unspecified atom stereocenters. The Kier molecular flexibility index (Phi) is 3.45. The summed E-state index contributed by atoms with van der Waals surface area (Å²) < 4.78 is 1.12. The maximum absolute atomic E-state index is 11.6. The summed E-state index contributed by atoms with van der Waals surface area (Å²) in [4.78, 5) is 15.8. The Morgan fingerprint density at radius 3 is 3.07 bits per heavy atom. The first-order chi connectivity index (χ1) is 6.75. The first-order valence-corrected chi connectivity index (χ1v) is 6.93. The van der Waals surface area contributed by atoms with Crippen LogP contribution in [0.1, 0.15) is 10.4 Å². The van der Waals surface area contributed by atoms with Gasteiger partial charge in [0, 0.05) is 11.1 Å². The van der Waals surface area contributed by atoms with E-state index in [1.165, 1.54) is 0 Å². The minimum Gasteiger partial charge on any atom is -0.301 e. The average molecular weight is 338 g/mol. The van der Waals surface area contributed by atoms with Gasteiger partial charge in [-0.15, -0.1) is 11.3 Å². The van der Waals surface area contributed by atoms with Crippen molar-refractivity contribution in [2.24, 2.45) is 4.99 Å². The topological polar surface area (TPSA) is 41.5 Å². The number of nitrogens with zero attached hydrogens (tertiary/aromatic N) is 1. The Balaban J connectivity index is 2.02. The number of thiophene rings is 1. The van der Waals surface area contributed by atoms with Gasteiger partial charge in [0.1, 0.15) is 0 Å². The zero-order chi connectivity index (χ0) is 9.97. The molecule has 0 saturated heterocycles. The number of amides is 1. The largest absolute Gasteiger partial charge is 0.301 e. The second-order valence-electron chi connectivity index (χ2n) is 2.63. The van der Waals surface area contributed by atoms with Crippen LogP contribution in [0.5, 0.6) is 0 Å². The third-order valence-electron chi connectivity index (χ3n) is 1.64. The molecule has 1 amide bonds. The van der Waals surface area contributed by atoms with E-state index in [9.17, 15) is 4.79 Å². The summed E-state index contributed by atoms with van der Waals surface area (Å²) in [5, 5.41) is 5.39. The van der Waals surface area contributed by atoms with Crippen LogP contribution in [-0.2, 0) is 0 Å². The van der Waals surface area contributed by atoms with Crippen molar-refractivity contribution < 1.29 is 4.79 Å². The summed E-state index contributed by atoms with van der Waals surface area (Å²) in [5.74, 6) is 0.911. The van der Waals surface area contributed by atoms with E-state index in [1.807, 2.05) is 11.4 Å². The monoisotopic (exact) mass is 338 g/mol. The Morgan fingerprint density at radius 2 is 2.50 bits per heavy atom. The number of carbonyl (C=O) groups excluding carboxylic acids is 1. The summed E-state index contributed by atoms with van der Waals surface area (Å²) in [6.45, 7) is 0.807. The molecule has 1 aliphatic heterocycles. The van der Waals surface area contributed by atoms with Gasteiger partial charge in [-0.25, -0.2) is 0 Å². The number of thioether (sulfide) groups is 1. The molecular weight excluding hydrogens is 331 g/mol. The fourth-order valence-electron chi connectivity index (χ4n) is 1.01. The molecule has 2 rings (SSSR count). The molecule has 1 aromatic heterocycles. The molecule has 3 nitrogen and oxygen atoms in total. The Morgan fingerprint density at radius 1 is 1.64 bits per heavy atom. The van der Waals surface area contributed by atoms with Gasteiger partial charge in [-0.3, -0.25) is 9.79 Å². The van der Waals surface area contributed by atoms with E-state index >= 15 is 0 Å². The maximum Gasteiger partial charge on any atom is 0.258 e. The van der Waals surface area contributed by atoms with Crippen LogP contribution >= 0.6 is 45.7 Å². The second kappa shape index (κ2) is 4.63. The van der Waals surface area contributed by atoms with Crippen LogP contribution in [0.4, 0.5) is 0 Å². The zero-order valence-electron chi connectivity index (χ0n) is 7.12. The molecule has 0 saturated carbocycles. The van der Waals surface area contributed by atoms with Crippen molar-refractivity contribution in [3.05, 3.63) is 19.9 Å². The highest BCUT2D eigenvalue weighted by atomic mass is 127. The number of halogens is 1. The van der Waals surface area contributed by atoms with Crippen LogP contribution in [0.3, 0.4) is 0 Å². The van der Waals surface area contributed by atoms with E-state index < -0.39 is 0 Å². The highest BCUT2D eigenvalue weighted by Gasteiger charge is 2.13. The number of nitrogens with one attached hydrogen (secondary N) is 1. The molecule has 74 valence electrons. The van der Waals surface area contributed by atoms with Gasteiger partial charge in [-0.05, 0) is 28.7 Å². The predicted octanol–water partition coefficient (Wildman–Crippen LogP) is 2.19. The molecule has 1 aromatic rings. The fourth-order valence-corrected chi connectivity index (χ4v) is 3.06. The van der Waals surface area contributed by atoms with E-state index in [4.69, 9.17) is 0 Å². The molecule has 1 N–H and O–H groups in total. The highest BCUT2D eigenvalue weighted by Crippen LogP contribution is 2.17. The van der Waals surface area contributed by atoms with Crippen molar-refractivity contribution in [2.45, 2.75) is 0 Å². The fraction of sp³-hybridized carbons (Fsp3) is 0.250. The number of aliphatic imine (C=N–C) groups is 1. The van der Waals surface area contributed by atoms with Crippen molar-refractivity contribution >= 4 is 56.8 Å². The Hall–Kier alpha value is -0.0800. The third-order valence-corrected chi connectivity index (χ3v) is 4.32. The minimum absolute atomic E-state index is 0.0580. The molecule has 14 heavy (non-hydrogen) atoms. The number of hydrogen-bond acceptors (Lipinski definition) is 4. The zero-order valence-corrected chi connectivity index (χ0v) is 10.9. The van der Waals surface area contributed by atoms with E-state index in [0.717, 1.165) is 25.9 Å². The quantitative estimate of drug-likeness (QED) is 0.798. The van der Waals surface area contributed by atoms with Gasteiger partial charge in [0.05, 0.1) is 15.0 Å². The summed E-state index contributed by atoms with van der Waals surface area (Å²) >= 11 is 5.36. The number of carbonyl (C=O) groups is 1. The molecule has 0 fully saturated rings. The molecule has 1 aliphatic rings. The molecule has 0 aliphatic carbocycles. The van der Waals surface area contributed by atoms with Crippen molar-refractivity contribution in [2.75, 3.05) is 12.3 Å². The van der Waals surface area contributed by atoms with E-state index in [1.54, 1.807) is 23.1 Å². The van der Waals surface area contributed by atoms with E-state index in [-0.39, 0.29) is 5.91 Å². The van der Waals surface area contributed by atoms with Gasteiger partial charge < -0.3 is 5.32 Å². The molecule has 0 aromatic carbocycles. The second-order valence-corrected chi connectivity index (χ2v) is 6.52. The average Bonchev–Trinajstić information content (AvgIpc) is 2.75. The third kappa shape index (κ3) is 2.48. The number of rotatable bonds is 1. The lowest BCUT2D eigenvalue weighted by atomic mass is 10.3. The SMILES string of the molecule is O=C(NC1=NCCS1)c1csc(I)c1. The van der Waals surface area contributed by atoms with Crippen LogP contribution in [0.15, 0.2) is 16.4 Å². The Labute approximate surface area is 104 Å². The van der Waals surface area contributed by atoms with Crippen LogP contribution < -0.4 is 5.32 Å². The van der Waals surface area contributed by atoms with Crippen LogP contribution in [0, 0.1) is 2.88 Å². The summed E-state index contributed by atoms with van der Waals surface area (Å²) in [6, 6.07) is 1.88. The van der Waals surface area contributed by atoms with Gasteiger partial charge in [0.15, 0.2) is 5.17 Å². The summed E-state index contributed by atoms with van der Waals surface area (Å²) in [6.07, 6.45) is 0. The van der Waals surface area contributed by atoms with Gasteiger partial charge in [-0.2, -0.15) is 0 Å². The van der Waals surface area contributed by atoms with Crippen molar-refractivity contribution in [3.63, 3.8) is 0 Å². The van der Waals surface area contributed by atoms with Crippen molar-refractivity contribution in [1.82, 2.24) is 5.32 Å². The normalized spacial score (nSPS) is 15.4. The molecule has 0 spiro atoms. The minimum atomic E-state index is -0.0580. The van der Waals surface area contributed by atoms with Gasteiger partial charge in [-0.1, -0.05) is 11.8 Å². The lowest BCUT2D eigenvalue weighted by Crippen LogP contribution is -2.26. The molecule has 2 heterocycles. The van der Waals surface area contributed by atoms with Crippen LogP contribution in [-0.4, -0.2) is 23.4 Å². The standard InChI is InChI=1S/C8H7IN2OS2/c9-6-3-5(4-14-6)7(12)11-8-10-1-2-13-8/h3-4H,1-2H2,(H,10,11,12). The summed E-state index contributed by atoms with van der Waals surface area (Å²) in [7, 11) is 0. The van der Waals surface area contributed by atoms with E-state index in [2.05, 4.69) is 32.9 Å². The lowest BCUT2D eigenvalue weighted by molar-refractivity contribution is 0.0978. The first-order valence-electron chi connectivity index (χ1n) is 3.98. The van der Waals surface area contributed by atoms with Crippen molar-refractivity contribution in [3.8, 4) is 0 Å². The maximum atomic E-state index is 11.6.